The maximum Gasteiger partial charge on any atom is 0.247 e. The molecule has 0 saturated carbocycles. The van der Waals surface area contributed by atoms with E-state index in [9.17, 15) is 0 Å². The van der Waals surface area contributed by atoms with E-state index in [4.69, 9.17) is 38.9 Å². The third-order valence-electron chi connectivity index (χ3n) is 1.59. The third-order valence-corrected chi connectivity index (χ3v) is 1.59. The van der Waals surface area contributed by atoms with E-state index in [1.807, 2.05) is 0 Å². The smallest absolute Gasteiger partial charge is 0.247 e. The van der Waals surface area contributed by atoms with Gasteiger partial charge in [0, 0.05) is 0 Å². The molecular formula is C10H26NO8P. The van der Waals surface area contributed by atoms with Gasteiger partial charge >= 0.3 is 0 Å². The lowest BCUT2D eigenvalue weighted by molar-refractivity contribution is -0.00856. The van der Waals surface area contributed by atoms with Gasteiger partial charge in [-0.3, -0.25) is 5.50 Å². The summed E-state index contributed by atoms with van der Waals surface area (Å²) in [7, 11) is -2.12. The van der Waals surface area contributed by atoms with Crippen molar-refractivity contribution in [3.8, 4) is 0 Å². The fraction of sp³-hybridized carbons (Fsp3) is 1.00. The number of hydrogen-bond donors (Lipinski definition) is 5. The summed E-state index contributed by atoms with van der Waals surface area (Å²) in [5.41, 5.74) is 4.29. The van der Waals surface area contributed by atoms with Crippen LogP contribution in [0.25, 0.3) is 0 Å². The Morgan fingerprint density at radius 3 is 1.00 bits per heavy atom. The van der Waals surface area contributed by atoms with E-state index in [2.05, 4.69) is 5.50 Å². The van der Waals surface area contributed by atoms with Crippen LogP contribution in [0, 0.1) is 0 Å². The first-order valence-corrected chi connectivity index (χ1v) is 7.42. The van der Waals surface area contributed by atoms with Crippen LogP contribution in [0.2, 0.25) is 0 Å². The van der Waals surface area contributed by atoms with Crippen LogP contribution < -0.4 is 5.50 Å². The van der Waals surface area contributed by atoms with Gasteiger partial charge in [0.1, 0.15) is 0 Å². The Morgan fingerprint density at radius 1 is 0.600 bits per heavy atom. The molecule has 124 valence electrons. The van der Waals surface area contributed by atoms with Crippen molar-refractivity contribution in [3.05, 3.63) is 0 Å². The average Bonchev–Trinajstić information content (AvgIpc) is 2.39. The normalized spacial score (nSPS) is 10.5. The standard InChI is InChI=1S/C10H22O6.H4NO2P/c11-1-3-13-5-7-15-9-10-16-8-6-14-4-2-12;1-4(2)3/h11-12H,1-10H2;2-3H,1H2. The maximum absolute atomic E-state index is 8.41. The molecule has 0 spiro atoms. The lowest BCUT2D eigenvalue weighted by Crippen LogP contribution is -2.13. The number of aliphatic hydroxyl groups excluding tert-OH is 2. The Kier molecular flexibility index (Phi) is 23.9. The molecule has 6 N–H and O–H groups in total. The van der Waals surface area contributed by atoms with Gasteiger partial charge in [-0.1, -0.05) is 0 Å². The van der Waals surface area contributed by atoms with Gasteiger partial charge in [-0.15, -0.1) is 0 Å². The molecule has 0 rings (SSSR count). The van der Waals surface area contributed by atoms with Crippen LogP contribution >= 0.6 is 8.53 Å². The maximum atomic E-state index is 8.41. The summed E-state index contributed by atoms with van der Waals surface area (Å²) < 4.78 is 20.4. The molecule has 0 aromatic heterocycles. The van der Waals surface area contributed by atoms with Gasteiger partial charge in [-0.05, 0) is 0 Å². The van der Waals surface area contributed by atoms with E-state index in [1.54, 1.807) is 0 Å². The highest BCUT2D eigenvalue weighted by atomic mass is 31.2. The zero-order valence-corrected chi connectivity index (χ0v) is 12.4. The third kappa shape index (κ3) is 30.8. The number of ether oxygens (including phenoxy) is 4. The molecule has 0 aliphatic carbocycles. The first-order chi connectivity index (χ1) is 9.65. The van der Waals surface area contributed by atoms with Crippen LogP contribution in [-0.4, -0.2) is 86.1 Å². The summed E-state index contributed by atoms with van der Waals surface area (Å²) in [5.74, 6) is 0. The zero-order valence-electron chi connectivity index (χ0n) is 11.5. The molecule has 9 nitrogen and oxygen atoms in total. The van der Waals surface area contributed by atoms with Gasteiger partial charge in [0.2, 0.25) is 8.53 Å². The minimum Gasteiger partial charge on any atom is -0.394 e. The van der Waals surface area contributed by atoms with Crippen LogP contribution in [0.5, 0.6) is 0 Å². The first kappa shape index (κ1) is 22.4. The van der Waals surface area contributed by atoms with Crippen molar-refractivity contribution in [2.75, 3.05) is 66.1 Å². The molecular weight excluding hydrogens is 293 g/mol. The average molecular weight is 319 g/mol. The van der Waals surface area contributed by atoms with Crippen molar-refractivity contribution >= 4 is 8.53 Å². The summed E-state index contributed by atoms with van der Waals surface area (Å²) in [6.45, 7) is 3.79. The largest absolute Gasteiger partial charge is 0.394 e. The molecule has 10 heteroatoms. The van der Waals surface area contributed by atoms with Crippen molar-refractivity contribution < 1.29 is 38.9 Å². The number of nitrogens with two attached hydrogens (primary N) is 1. The Labute approximate surface area is 120 Å². The monoisotopic (exact) mass is 319 g/mol. The summed E-state index contributed by atoms with van der Waals surface area (Å²) in [4.78, 5) is 14.9. The van der Waals surface area contributed by atoms with Crippen molar-refractivity contribution in [3.63, 3.8) is 0 Å². The number of hydrogen-bond acceptors (Lipinski definition) is 9. The quantitative estimate of drug-likeness (QED) is 0.196. The molecule has 0 aliphatic heterocycles. The van der Waals surface area contributed by atoms with Crippen LogP contribution in [-0.2, 0) is 18.9 Å². The van der Waals surface area contributed by atoms with E-state index in [0.29, 0.717) is 52.9 Å². The van der Waals surface area contributed by atoms with Crippen LogP contribution in [0.15, 0.2) is 0 Å². The van der Waals surface area contributed by atoms with E-state index in [0.717, 1.165) is 0 Å². The van der Waals surface area contributed by atoms with Crippen LogP contribution in [0.4, 0.5) is 0 Å². The van der Waals surface area contributed by atoms with Crippen molar-refractivity contribution in [1.82, 2.24) is 0 Å². The summed E-state index contributed by atoms with van der Waals surface area (Å²) >= 11 is 0. The van der Waals surface area contributed by atoms with E-state index < -0.39 is 8.53 Å². The molecule has 0 fully saturated rings. The topological polar surface area (TPSA) is 144 Å². The molecule has 0 atom stereocenters. The van der Waals surface area contributed by atoms with Crippen molar-refractivity contribution in [2.45, 2.75) is 0 Å². The summed E-state index contributed by atoms with van der Waals surface area (Å²) in [5, 5.41) is 16.8. The SMILES string of the molecule is NP(O)O.OCCOCCOCCOCCOCCO. The predicted octanol–water partition coefficient (Wildman–Crippen LogP) is -1.81. The lowest BCUT2D eigenvalue weighted by atomic mass is 10.7. The number of aliphatic hydroxyl groups is 2. The van der Waals surface area contributed by atoms with E-state index in [-0.39, 0.29) is 13.2 Å². The van der Waals surface area contributed by atoms with Gasteiger partial charge in [-0.25, -0.2) is 0 Å². The molecule has 0 amide bonds. The highest BCUT2D eigenvalue weighted by molar-refractivity contribution is 7.42. The molecule has 0 aromatic carbocycles. The lowest BCUT2D eigenvalue weighted by Gasteiger charge is -2.06. The fourth-order valence-electron chi connectivity index (χ4n) is 0.891. The van der Waals surface area contributed by atoms with E-state index in [1.165, 1.54) is 0 Å². The first-order valence-electron chi connectivity index (χ1n) is 6.10. The Hall–Kier alpha value is 0.0700. The predicted molar refractivity (Wildman–Crippen MR) is 73.0 cm³/mol. The van der Waals surface area contributed by atoms with Crippen molar-refractivity contribution in [1.29, 1.82) is 0 Å². The van der Waals surface area contributed by atoms with Crippen LogP contribution in [0.3, 0.4) is 0 Å². The molecule has 20 heavy (non-hydrogen) atoms. The zero-order chi connectivity index (χ0) is 15.5. The molecule has 0 unspecified atom stereocenters. The molecule has 0 aliphatic rings. The molecule has 0 radical (unpaired) electrons. The molecule has 0 heterocycles. The number of rotatable bonds is 13. The fourth-order valence-corrected chi connectivity index (χ4v) is 0.891. The van der Waals surface area contributed by atoms with Gasteiger partial charge in [-0.2, -0.15) is 0 Å². The van der Waals surface area contributed by atoms with Gasteiger partial charge in [0.05, 0.1) is 66.1 Å². The second-order valence-corrected chi connectivity index (χ2v) is 3.86. The van der Waals surface area contributed by atoms with Crippen molar-refractivity contribution in [2.24, 2.45) is 5.50 Å². The highest BCUT2D eigenvalue weighted by Gasteiger charge is 1.91. The minimum atomic E-state index is -2.12. The van der Waals surface area contributed by atoms with Gasteiger partial charge < -0.3 is 38.9 Å². The molecule has 0 saturated heterocycles. The molecule has 0 aromatic rings. The second-order valence-electron chi connectivity index (χ2n) is 3.22. The minimum absolute atomic E-state index is 0.0386. The summed E-state index contributed by atoms with van der Waals surface area (Å²) in [6, 6.07) is 0. The molecule has 0 bridgehead atoms. The Balaban J connectivity index is 0. The highest BCUT2D eigenvalue weighted by Crippen LogP contribution is 2.05. The Bertz CT molecular complexity index is 149. The van der Waals surface area contributed by atoms with E-state index >= 15 is 0 Å². The second kappa shape index (κ2) is 21.4. The van der Waals surface area contributed by atoms with Gasteiger partial charge in [0.15, 0.2) is 0 Å². The Morgan fingerprint density at radius 2 is 0.800 bits per heavy atom. The van der Waals surface area contributed by atoms with Crippen LogP contribution in [0.1, 0.15) is 0 Å². The van der Waals surface area contributed by atoms with Gasteiger partial charge in [0.25, 0.3) is 0 Å². The summed E-state index contributed by atoms with van der Waals surface area (Å²) in [6.07, 6.45) is 0.